The van der Waals surface area contributed by atoms with Crippen LogP contribution in [0.2, 0.25) is 0 Å². The molecule has 16 heavy (non-hydrogen) atoms. The van der Waals surface area contributed by atoms with Crippen LogP contribution in [0.15, 0.2) is 24.5 Å². The lowest BCUT2D eigenvalue weighted by atomic mass is 10.2. The molecule has 0 aromatic carbocycles. The Balaban J connectivity index is 2.13. The molecule has 2 rings (SSSR count). The first kappa shape index (κ1) is 11.2. The van der Waals surface area contributed by atoms with E-state index >= 15 is 0 Å². The van der Waals surface area contributed by atoms with Crippen LogP contribution in [0.1, 0.15) is 19.8 Å². The summed E-state index contributed by atoms with van der Waals surface area (Å²) in [6.45, 7) is 2.14. The number of hydrogen-bond acceptors (Lipinski definition) is 3. The zero-order valence-corrected chi connectivity index (χ0v) is 9.98. The second-order valence-electron chi connectivity index (χ2n) is 3.67. The highest BCUT2D eigenvalue weighted by molar-refractivity contribution is 6.17. The molecule has 2 aromatic heterocycles. The summed E-state index contributed by atoms with van der Waals surface area (Å²) >= 11 is 5.74. The number of halogens is 1. The summed E-state index contributed by atoms with van der Waals surface area (Å²) in [6, 6.07) is 4.19. The molecular weight excluding hydrogens is 224 g/mol. The van der Waals surface area contributed by atoms with E-state index in [0.717, 1.165) is 24.3 Å². The largest absolute Gasteiger partial charge is 0.367 e. The molecule has 0 bridgehead atoms. The highest BCUT2D eigenvalue weighted by atomic mass is 35.5. The fraction of sp³-hybridized carbons (Fsp3) is 0.455. The van der Waals surface area contributed by atoms with Crippen LogP contribution in [0.5, 0.6) is 0 Å². The lowest BCUT2D eigenvalue weighted by Gasteiger charge is -2.16. The van der Waals surface area contributed by atoms with E-state index in [1.807, 2.05) is 18.3 Å². The average molecular weight is 239 g/mol. The van der Waals surface area contributed by atoms with Gasteiger partial charge in [-0.15, -0.1) is 11.6 Å². The van der Waals surface area contributed by atoms with Crippen LogP contribution < -0.4 is 5.32 Å². The van der Waals surface area contributed by atoms with Gasteiger partial charge in [-0.3, -0.25) is 0 Å². The molecule has 4 nitrogen and oxygen atoms in total. The molecule has 0 fully saturated rings. The number of nitrogens with zero attached hydrogens (tertiary/aromatic N) is 3. The van der Waals surface area contributed by atoms with Crippen molar-refractivity contribution in [2.45, 2.75) is 25.8 Å². The minimum atomic E-state index is 0.385. The number of nitrogens with one attached hydrogen (secondary N) is 1. The summed E-state index contributed by atoms with van der Waals surface area (Å²) in [5.41, 5.74) is 0.853. The third kappa shape index (κ3) is 2.44. The Kier molecular flexibility index (Phi) is 3.62. The molecule has 0 radical (unpaired) electrons. The smallest absolute Gasteiger partial charge is 0.157 e. The summed E-state index contributed by atoms with van der Waals surface area (Å²) in [6.07, 6.45) is 5.63. The van der Waals surface area contributed by atoms with E-state index in [1.54, 1.807) is 10.7 Å². The van der Waals surface area contributed by atoms with E-state index in [2.05, 4.69) is 22.3 Å². The molecular formula is C11H15ClN4. The first-order valence-electron chi connectivity index (χ1n) is 5.46. The van der Waals surface area contributed by atoms with Crippen LogP contribution in [0, 0.1) is 0 Å². The third-order valence-electron chi connectivity index (χ3n) is 2.56. The van der Waals surface area contributed by atoms with Crippen LogP contribution in [0.4, 0.5) is 5.82 Å². The minimum Gasteiger partial charge on any atom is -0.367 e. The lowest BCUT2D eigenvalue weighted by molar-refractivity contribution is 0.672. The molecule has 0 aliphatic heterocycles. The van der Waals surface area contributed by atoms with Gasteiger partial charge in [-0.05, 0) is 18.9 Å². The zero-order chi connectivity index (χ0) is 11.4. The van der Waals surface area contributed by atoms with E-state index < -0.39 is 0 Å². The predicted octanol–water partition coefficient (Wildman–Crippen LogP) is 2.55. The van der Waals surface area contributed by atoms with Crippen LogP contribution in [0.3, 0.4) is 0 Å². The summed E-state index contributed by atoms with van der Waals surface area (Å²) in [5.74, 6) is 1.55. The van der Waals surface area contributed by atoms with Crippen molar-refractivity contribution in [1.82, 2.24) is 14.6 Å². The van der Waals surface area contributed by atoms with Gasteiger partial charge in [0.25, 0.3) is 0 Å². The van der Waals surface area contributed by atoms with Gasteiger partial charge in [-0.1, -0.05) is 6.92 Å². The molecule has 5 heteroatoms. The number of fused-ring (bicyclic) bond motifs is 1. The van der Waals surface area contributed by atoms with Crippen LogP contribution in [-0.2, 0) is 0 Å². The van der Waals surface area contributed by atoms with Crippen LogP contribution >= 0.6 is 11.6 Å². The van der Waals surface area contributed by atoms with Crippen molar-refractivity contribution in [3.05, 3.63) is 24.5 Å². The maximum absolute atomic E-state index is 5.74. The van der Waals surface area contributed by atoms with E-state index in [1.165, 1.54) is 0 Å². The summed E-state index contributed by atoms with van der Waals surface area (Å²) in [4.78, 5) is 4.45. The molecule has 2 aromatic rings. The molecule has 0 aliphatic carbocycles. The van der Waals surface area contributed by atoms with E-state index in [-0.39, 0.29) is 0 Å². The number of rotatable bonds is 5. The highest BCUT2D eigenvalue weighted by Gasteiger charge is 2.06. The Labute approximate surface area is 99.6 Å². The Morgan fingerprint density at radius 2 is 2.38 bits per heavy atom. The zero-order valence-electron chi connectivity index (χ0n) is 9.23. The van der Waals surface area contributed by atoms with Crippen molar-refractivity contribution in [2.24, 2.45) is 0 Å². The number of alkyl halides is 1. The number of hydrogen-bond donors (Lipinski definition) is 1. The molecule has 0 aliphatic rings. The van der Waals surface area contributed by atoms with Gasteiger partial charge in [0.05, 0.1) is 6.20 Å². The third-order valence-corrected chi connectivity index (χ3v) is 2.78. The molecule has 0 saturated heterocycles. The first-order valence-corrected chi connectivity index (χ1v) is 6.00. The monoisotopic (exact) mass is 238 g/mol. The van der Waals surface area contributed by atoms with Gasteiger partial charge < -0.3 is 5.32 Å². The fourth-order valence-corrected chi connectivity index (χ4v) is 1.88. The molecule has 0 spiro atoms. The maximum atomic E-state index is 5.74. The number of aromatic nitrogens is 3. The van der Waals surface area contributed by atoms with E-state index in [0.29, 0.717) is 11.9 Å². The van der Waals surface area contributed by atoms with Gasteiger partial charge in [-0.2, -0.15) is 5.10 Å². The summed E-state index contributed by atoms with van der Waals surface area (Å²) in [7, 11) is 0. The average Bonchev–Trinajstić information content (AvgIpc) is 2.75. The topological polar surface area (TPSA) is 42.2 Å². The van der Waals surface area contributed by atoms with Gasteiger partial charge in [0.1, 0.15) is 5.82 Å². The van der Waals surface area contributed by atoms with Crippen molar-refractivity contribution in [3.63, 3.8) is 0 Å². The fourth-order valence-electron chi connectivity index (χ4n) is 1.61. The van der Waals surface area contributed by atoms with Crippen LogP contribution in [-0.4, -0.2) is 26.5 Å². The predicted molar refractivity (Wildman–Crippen MR) is 66.0 cm³/mol. The first-order chi connectivity index (χ1) is 7.83. The summed E-state index contributed by atoms with van der Waals surface area (Å²) < 4.78 is 1.74. The van der Waals surface area contributed by atoms with Gasteiger partial charge in [-0.25, -0.2) is 9.50 Å². The molecule has 86 valence electrons. The van der Waals surface area contributed by atoms with E-state index in [4.69, 9.17) is 11.6 Å². The molecule has 1 N–H and O–H groups in total. The van der Waals surface area contributed by atoms with Crippen molar-refractivity contribution in [1.29, 1.82) is 0 Å². The van der Waals surface area contributed by atoms with Crippen molar-refractivity contribution >= 4 is 23.1 Å². The Morgan fingerprint density at radius 3 is 3.12 bits per heavy atom. The van der Waals surface area contributed by atoms with Crippen molar-refractivity contribution in [3.8, 4) is 0 Å². The second kappa shape index (κ2) is 5.16. The standard InChI is InChI=1S/C11H15ClN4/c1-2-9(3-6-12)14-10-5-8-16-11(15-10)4-7-13-16/h4-5,7-9H,2-3,6H2,1H3,(H,14,15). The number of anilines is 1. The maximum Gasteiger partial charge on any atom is 0.157 e. The Bertz CT molecular complexity index is 454. The molecule has 1 atom stereocenters. The lowest BCUT2D eigenvalue weighted by Crippen LogP contribution is -2.19. The Morgan fingerprint density at radius 1 is 1.50 bits per heavy atom. The SMILES string of the molecule is CCC(CCCl)Nc1ccn2nccc2n1. The molecule has 2 heterocycles. The normalized spacial score (nSPS) is 12.9. The quantitative estimate of drug-likeness (QED) is 0.814. The second-order valence-corrected chi connectivity index (χ2v) is 4.05. The van der Waals surface area contributed by atoms with E-state index in [9.17, 15) is 0 Å². The van der Waals surface area contributed by atoms with Gasteiger partial charge >= 0.3 is 0 Å². The Hall–Kier alpha value is -1.29. The van der Waals surface area contributed by atoms with Gasteiger partial charge in [0.2, 0.25) is 0 Å². The molecule has 0 amide bonds. The highest BCUT2D eigenvalue weighted by Crippen LogP contribution is 2.11. The van der Waals surface area contributed by atoms with Gasteiger partial charge in [0.15, 0.2) is 5.65 Å². The molecule has 1 unspecified atom stereocenters. The molecule has 0 saturated carbocycles. The van der Waals surface area contributed by atoms with Gasteiger partial charge in [0, 0.05) is 24.2 Å². The van der Waals surface area contributed by atoms with Crippen LogP contribution in [0.25, 0.3) is 5.65 Å². The van der Waals surface area contributed by atoms with Crippen molar-refractivity contribution < 1.29 is 0 Å². The van der Waals surface area contributed by atoms with Crippen molar-refractivity contribution in [2.75, 3.05) is 11.2 Å². The summed E-state index contributed by atoms with van der Waals surface area (Å²) in [5, 5.41) is 7.48. The minimum absolute atomic E-state index is 0.385.